The van der Waals surface area contributed by atoms with Gasteiger partial charge in [0.1, 0.15) is 17.2 Å². The number of rotatable bonds is 5. The van der Waals surface area contributed by atoms with Crippen LogP contribution in [0.5, 0.6) is 5.75 Å². The average molecular weight is 470 g/mol. The Labute approximate surface area is 207 Å². The van der Waals surface area contributed by atoms with Crippen molar-refractivity contribution < 1.29 is 9.90 Å². The zero-order chi connectivity index (χ0) is 24.2. The van der Waals surface area contributed by atoms with E-state index in [1.807, 2.05) is 23.0 Å². The van der Waals surface area contributed by atoms with Crippen molar-refractivity contribution in [1.82, 2.24) is 15.0 Å². The molecule has 3 aromatic rings. The zero-order valence-electron chi connectivity index (χ0n) is 20.8. The predicted molar refractivity (Wildman–Crippen MR) is 136 cm³/mol. The molecule has 6 rings (SSSR count). The highest BCUT2D eigenvalue weighted by molar-refractivity contribution is 5.87. The lowest BCUT2D eigenvalue weighted by Gasteiger charge is -2.50. The molecule has 5 nitrogen and oxygen atoms in total. The van der Waals surface area contributed by atoms with Gasteiger partial charge in [0.25, 0.3) is 0 Å². The summed E-state index contributed by atoms with van der Waals surface area (Å²) in [6.07, 6.45) is 9.09. The van der Waals surface area contributed by atoms with E-state index in [9.17, 15) is 9.90 Å². The summed E-state index contributed by atoms with van der Waals surface area (Å²) < 4.78 is 1.96. The fourth-order valence-electron chi connectivity index (χ4n) is 7.67. The summed E-state index contributed by atoms with van der Waals surface area (Å²) in [6.45, 7) is 5.18. The summed E-state index contributed by atoms with van der Waals surface area (Å²) in [7, 11) is 0. The summed E-state index contributed by atoms with van der Waals surface area (Å²) in [5.41, 5.74) is 5.82. The molecule has 5 unspecified atom stereocenters. The molecule has 2 saturated carbocycles. The van der Waals surface area contributed by atoms with Crippen LogP contribution < -0.4 is 0 Å². The third-order valence-corrected chi connectivity index (χ3v) is 9.40. The van der Waals surface area contributed by atoms with Crippen molar-refractivity contribution >= 4 is 5.78 Å². The fraction of sp³-hybridized carbons (Fsp3) is 0.500. The minimum absolute atomic E-state index is 0.161. The molecule has 2 aromatic carbocycles. The standard InChI is InChI=1S/C30H35N3O2/c1-19-5-7-20(8-6-19)27-18-33(32-31-27)15-3-4-22-17-28(35)30(2)14-13-25-24-12-10-23(34)16-21(24)9-11-26(25)29(22)30/h5-8,10,12,16,18,22,25-26,29,34H,3-4,9,11,13-15,17H2,1-2H3. The molecular weight excluding hydrogens is 434 g/mol. The van der Waals surface area contributed by atoms with E-state index >= 15 is 0 Å². The summed E-state index contributed by atoms with van der Waals surface area (Å²) in [5.74, 6) is 2.88. The van der Waals surface area contributed by atoms with Gasteiger partial charge >= 0.3 is 0 Å². The first-order chi connectivity index (χ1) is 16.9. The third-order valence-electron chi connectivity index (χ3n) is 9.40. The van der Waals surface area contributed by atoms with Gasteiger partial charge in [0, 0.05) is 23.9 Å². The summed E-state index contributed by atoms with van der Waals surface area (Å²) in [5, 5.41) is 18.7. The molecule has 1 aromatic heterocycles. The van der Waals surface area contributed by atoms with Crippen LogP contribution in [0.2, 0.25) is 0 Å². The summed E-state index contributed by atoms with van der Waals surface area (Å²) in [6, 6.07) is 14.3. The molecule has 35 heavy (non-hydrogen) atoms. The number of Topliss-reactive ketones (excluding diaryl/α,β-unsaturated/α-hetero) is 1. The van der Waals surface area contributed by atoms with Crippen molar-refractivity contribution in [1.29, 1.82) is 0 Å². The number of benzene rings is 2. The van der Waals surface area contributed by atoms with Gasteiger partial charge in [-0.1, -0.05) is 48.0 Å². The lowest BCUT2D eigenvalue weighted by atomic mass is 9.54. The maximum Gasteiger partial charge on any atom is 0.139 e. The Morgan fingerprint density at radius 2 is 1.97 bits per heavy atom. The van der Waals surface area contributed by atoms with E-state index < -0.39 is 0 Å². The van der Waals surface area contributed by atoms with E-state index in [4.69, 9.17) is 0 Å². The van der Waals surface area contributed by atoms with Gasteiger partial charge in [-0.25, -0.2) is 0 Å². The van der Waals surface area contributed by atoms with Gasteiger partial charge in [0.2, 0.25) is 0 Å². The maximum atomic E-state index is 13.3. The number of hydrogen-bond donors (Lipinski definition) is 1. The highest BCUT2D eigenvalue weighted by Crippen LogP contribution is 2.62. The Morgan fingerprint density at radius 1 is 1.14 bits per heavy atom. The van der Waals surface area contributed by atoms with Crippen LogP contribution in [0.15, 0.2) is 48.7 Å². The lowest BCUT2D eigenvalue weighted by Crippen LogP contribution is -2.44. The van der Waals surface area contributed by atoms with Crippen molar-refractivity contribution in [2.45, 2.75) is 71.3 Å². The van der Waals surface area contributed by atoms with Crippen LogP contribution in [0.4, 0.5) is 0 Å². The predicted octanol–water partition coefficient (Wildman–Crippen LogP) is 6.09. The Morgan fingerprint density at radius 3 is 2.80 bits per heavy atom. The molecule has 5 atom stereocenters. The zero-order valence-corrected chi connectivity index (χ0v) is 20.8. The first-order valence-electron chi connectivity index (χ1n) is 13.2. The van der Waals surface area contributed by atoms with Gasteiger partial charge in [-0.05, 0) is 92.4 Å². The Kier molecular flexibility index (Phi) is 5.54. The summed E-state index contributed by atoms with van der Waals surface area (Å²) in [4.78, 5) is 13.3. The minimum atomic E-state index is -0.161. The Balaban J connectivity index is 1.16. The van der Waals surface area contributed by atoms with Crippen molar-refractivity contribution in [3.8, 4) is 17.0 Å². The number of phenols is 1. The highest BCUT2D eigenvalue weighted by atomic mass is 16.3. The fourth-order valence-corrected chi connectivity index (χ4v) is 7.67. The van der Waals surface area contributed by atoms with Crippen molar-refractivity contribution in [3.63, 3.8) is 0 Å². The highest BCUT2D eigenvalue weighted by Gasteiger charge is 2.58. The minimum Gasteiger partial charge on any atom is -0.508 e. The number of fused-ring (bicyclic) bond motifs is 5. The van der Waals surface area contributed by atoms with Gasteiger partial charge in [-0.15, -0.1) is 5.10 Å². The van der Waals surface area contributed by atoms with E-state index in [1.165, 1.54) is 16.7 Å². The van der Waals surface area contributed by atoms with E-state index in [2.05, 4.69) is 54.5 Å². The van der Waals surface area contributed by atoms with Crippen molar-refractivity contribution in [2.75, 3.05) is 0 Å². The van der Waals surface area contributed by atoms with Crippen LogP contribution in [0, 0.1) is 30.1 Å². The molecule has 0 bridgehead atoms. The van der Waals surface area contributed by atoms with Crippen LogP contribution in [-0.2, 0) is 17.8 Å². The second-order valence-electron chi connectivity index (χ2n) is 11.4. The second-order valence-corrected chi connectivity index (χ2v) is 11.4. The number of phenolic OH excluding ortho intramolecular Hbond substituents is 1. The lowest BCUT2D eigenvalue weighted by molar-refractivity contribution is -0.129. The molecule has 0 amide bonds. The maximum absolute atomic E-state index is 13.3. The largest absolute Gasteiger partial charge is 0.508 e. The van der Waals surface area contributed by atoms with Crippen LogP contribution >= 0.6 is 0 Å². The molecule has 1 heterocycles. The van der Waals surface area contributed by atoms with Crippen LogP contribution in [0.25, 0.3) is 11.3 Å². The molecular formula is C30H35N3O2. The molecule has 0 radical (unpaired) electrons. The molecule has 3 aliphatic carbocycles. The quantitative estimate of drug-likeness (QED) is 0.491. The smallest absolute Gasteiger partial charge is 0.139 e. The molecule has 0 aliphatic heterocycles. The number of aryl methyl sites for hydroxylation is 3. The number of carbonyl (C=O) groups is 1. The van der Waals surface area contributed by atoms with E-state index in [-0.39, 0.29) is 5.41 Å². The van der Waals surface area contributed by atoms with Crippen molar-refractivity contribution in [2.24, 2.45) is 23.2 Å². The average Bonchev–Trinajstić information content (AvgIpc) is 3.41. The van der Waals surface area contributed by atoms with E-state index in [1.54, 1.807) is 0 Å². The molecule has 0 saturated heterocycles. The molecule has 2 fully saturated rings. The summed E-state index contributed by atoms with van der Waals surface area (Å²) >= 11 is 0. The van der Waals surface area contributed by atoms with E-state index in [0.717, 1.165) is 62.7 Å². The normalized spacial score (nSPS) is 29.5. The van der Waals surface area contributed by atoms with Gasteiger partial charge in [0.05, 0.1) is 6.20 Å². The molecule has 3 aliphatic rings. The van der Waals surface area contributed by atoms with Crippen LogP contribution in [-0.4, -0.2) is 25.9 Å². The molecule has 1 N–H and O–H groups in total. The third kappa shape index (κ3) is 3.89. The van der Waals surface area contributed by atoms with E-state index in [0.29, 0.717) is 35.2 Å². The molecule has 0 spiro atoms. The number of aromatic hydroxyl groups is 1. The van der Waals surface area contributed by atoms with Gasteiger partial charge in [-0.2, -0.15) is 0 Å². The number of hydrogen-bond acceptors (Lipinski definition) is 4. The first kappa shape index (κ1) is 22.5. The first-order valence-corrected chi connectivity index (χ1v) is 13.2. The number of carbonyl (C=O) groups excluding carboxylic acids is 1. The van der Waals surface area contributed by atoms with Crippen LogP contribution in [0.1, 0.15) is 68.1 Å². The van der Waals surface area contributed by atoms with Gasteiger partial charge in [-0.3, -0.25) is 9.48 Å². The SMILES string of the molecule is Cc1ccc(-c2cn(CCCC3CC(=O)C4(C)CCC5c6ccc(O)cc6CCC5C34)nn2)cc1. The number of aromatic nitrogens is 3. The molecule has 182 valence electrons. The Hall–Kier alpha value is -2.95. The molecule has 5 heteroatoms. The van der Waals surface area contributed by atoms with Crippen LogP contribution in [0.3, 0.4) is 0 Å². The van der Waals surface area contributed by atoms with Crippen molar-refractivity contribution in [3.05, 3.63) is 65.4 Å². The second kappa shape index (κ2) is 8.61. The Bertz CT molecular complexity index is 1250. The topological polar surface area (TPSA) is 68.0 Å². The number of nitrogens with zero attached hydrogens (tertiary/aromatic N) is 3. The number of ketones is 1. The van der Waals surface area contributed by atoms with Gasteiger partial charge < -0.3 is 5.11 Å². The monoisotopic (exact) mass is 469 g/mol. The van der Waals surface area contributed by atoms with Gasteiger partial charge in [0.15, 0.2) is 0 Å².